The van der Waals surface area contributed by atoms with Gasteiger partial charge in [0, 0.05) is 37.2 Å². The third-order valence-corrected chi connectivity index (χ3v) is 5.60. The van der Waals surface area contributed by atoms with Crippen LogP contribution in [0.25, 0.3) is 11.1 Å². The largest absolute Gasteiger partial charge is 0.356 e. The molecule has 26 heavy (non-hydrogen) atoms. The van der Waals surface area contributed by atoms with Gasteiger partial charge in [-0.15, -0.1) is 0 Å². The molecule has 0 saturated carbocycles. The van der Waals surface area contributed by atoms with Crippen molar-refractivity contribution in [2.75, 3.05) is 19.6 Å². The topological polar surface area (TPSA) is 49.4 Å². The van der Waals surface area contributed by atoms with Gasteiger partial charge in [0.15, 0.2) is 0 Å². The van der Waals surface area contributed by atoms with E-state index in [1.807, 2.05) is 11.0 Å². The molecule has 5 heteroatoms. The van der Waals surface area contributed by atoms with Crippen LogP contribution in [0.4, 0.5) is 4.39 Å². The molecule has 2 aliphatic rings. The van der Waals surface area contributed by atoms with Crippen molar-refractivity contribution >= 4 is 11.8 Å². The fourth-order valence-electron chi connectivity index (χ4n) is 3.99. The number of hydrogen-bond acceptors (Lipinski definition) is 2. The minimum absolute atomic E-state index is 0.0167. The van der Waals surface area contributed by atoms with Crippen LogP contribution in [-0.2, 0) is 4.79 Å². The molecule has 2 aromatic carbocycles. The lowest BCUT2D eigenvalue weighted by molar-refractivity contribution is -0.119. The Hall–Kier alpha value is -2.69. The van der Waals surface area contributed by atoms with Crippen LogP contribution < -0.4 is 5.32 Å². The van der Waals surface area contributed by atoms with Gasteiger partial charge in [-0.3, -0.25) is 9.59 Å². The zero-order valence-electron chi connectivity index (χ0n) is 14.5. The van der Waals surface area contributed by atoms with Crippen LogP contribution in [-0.4, -0.2) is 36.3 Å². The molecule has 2 heterocycles. The quantitative estimate of drug-likeness (QED) is 0.902. The summed E-state index contributed by atoms with van der Waals surface area (Å²) in [7, 11) is 0. The van der Waals surface area contributed by atoms with Gasteiger partial charge < -0.3 is 10.2 Å². The molecular formula is C21H21FN2O2. The first-order valence-corrected chi connectivity index (χ1v) is 8.97. The van der Waals surface area contributed by atoms with Gasteiger partial charge in [-0.1, -0.05) is 30.3 Å². The van der Waals surface area contributed by atoms with Crippen molar-refractivity contribution in [3.63, 3.8) is 0 Å². The number of piperidine rings is 1. The molecular weight excluding hydrogens is 331 g/mol. The van der Waals surface area contributed by atoms with Gasteiger partial charge in [0.1, 0.15) is 5.82 Å². The van der Waals surface area contributed by atoms with Crippen LogP contribution in [0.5, 0.6) is 0 Å². The third kappa shape index (κ3) is 3.09. The van der Waals surface area contributed by atoms with Crippen molar-refractivity contribution in [1.29, 1.82) is 0 Å². The fraction of sp³-hybridized carbons (Fsp3) is 0.333. The van der Waals surface area contributed by atoms with Gasteiger partial charge in [-0.25, -0.2) is 4.39 Å². The van der Waals surface area contributed by atoms with E-state index in [-0.39, 0.29) is 23.0 Å². The van der Waals surface area contributed by atoms with Gasteiger partial charge in [0.05, 0.1) is 0 Å². The van der Waals surface area contributed by atoms with E-state index < -0.39 is 0 Å². The third-order valence-electron chi connectivity index (χ3n) is 5.60. The number of rotatable bonds is 2. The summed E-state index contributed by atoms with van der Waals surface area (Å²) in [5.41, 5.74) is 1.79. The molecule has 2 aliphatic heterocycles. The Morgan fingerprint density at radius 2 is 1.85 bits per heavy atom. The first kappa shape index (κ1) is 16.8. The molecule has 134 valence electrons. The zero-order chi connectivity index (χ0) is 18.1. The van der Waals surface area contributed by atoms with Gasteiger partial charge >= 0.3 is 0 Å². The molecule has 0 aliphatic carbocycles. The van der Waals surface area contributed by atoms with Crippen LogP contribution in [0, 0.1) is 11.2 Å². The second-order valence-electron chi connectivity index (χ2n) is 7.31. The molecule has 0 atom stereocenters. The van der Waals surface area contributed by atoms with Crippen molar-refractivity contribution in [1.82, 2.24) is 10.2 Å². The smallest absolute Gasteiger partial charge is 0.253 e. The Labute approximate surface area is 152 Å². The SMILES string of the molecule is O=C1CC2(CCN(C(=O)c3cccc(-c4ccccc4F)c3)CC2)CN1. The summed E-state index contributed by atoms with van der Waals surface area (Å²) in [4.78, 5) is 26.3. The van der Waals surface area contributed by atoms with E-state index in [0.29, 0.717) is 36.2 Å². The highest BCUT2D eigenvalue weighted by Crippen LogP contribution is 2.37. The molecule has 2 saturated heterocycles. The number of hydrogen-bond donors (Lipinski definition) is 1. The number of carbonyl (C=O) groups excluding carboxylic acids is 2. The molecule has 2 fully saturated rings. The van der Waals surface area contributed by atoms with Gasteiger partial charge in [0.2, 0.25) is 5.91 Å². The van der Waals surface area contributed by atoms with Crippen LogP contribution in [0.15, 0.2) is 48.5 Å². The van der Waals surface area contributed by atoms with Crippen LogP contribution >= 0.6 is 0 Å². The van der Waals surface area contributed by atoms with Crippen LogP contribution in [0.3, 0.4) is 0 Å². The zero-order valence-corrected chi connectivity index (χ0v) is 14.5. The van der Waals surface area contributed by atoms with E-state index in [1.54, 1.807) is 36.4 Å². The Bertz CT molecular complexity index is 857. The number of carbonyl (C=O) groups is 2. The Balaban J connectivity index is 1.50. The van der Waals surface area contributed by atoms with Gasteiger partial charge in [-0.05, 0) is 42.0 Å². The lowest BCUT2D eigenvalue weighted by Crippen LogP contribution is -2.44. The van der Waals surface area contributed by atoms with Crippen molar-refractivity contribution < 1.29 is 14.0 Å². The second kappa shape index (κ2) is 6.56. The van der Waals surface area contributed by atoms with Gasteiger partial charge in [-0.2, -0.15) is 0 Å². The minimum Gasteiger partial charge on any atom is -0.356 e. The summed E-state index contributed by atoms with van der Waals surface area (Å²) in [6.07, 6.45) is 2.24. The van der Waals surface area contributed by atoms with Gasteiger partial charge in [0.25, 0.3) is 5.91 Å². The molecule has 1 spiro atoms. The van der Waals surface area contributed by atoms with E-state index in [1.165, 1.54) is 6.07 Å². The summed E-state index contributed by atoms with van der Waals surface area (Å²) in [6.45, 7) is 2.02. The molecule has 0 radical (unpaired) electrons. The second-order valence-corrected chi connectivity index (χ2v) is 7.31. The Kier molecular flexibility index (Phi) is 4.23. The molecule has 0 aromatic heterocycles. The van der Waals surface area contributed by atoms with Crippen LogP contribution in [0.2, 0.25) is 0 Å². The van der Waals surface area contributed by atoms with E-state index in [4.69, 9.17) is 0 Å². The number of halogens is 1. The van der Waals surface area contributed by atoms with Crippen molar-refractivity contribution in [3.05, 3.63) is 59.9 Å². The summed E-state index contributed by atoms with van der Waals surface area (Å²) in [5.74, 6) is -0.215. The summed E-state index contributed by atoms with van der Waals surface area (Å²) in [6, 6.07) is 13.7. The monoisotopic (exact) mass is 352 g/mol. The van der Waals surface area contributed by atoms with E-state index >= 15 is 0 Å². The van der Waals surface area contributed by atoms with E-state index in [0.717, 1.165) is 19.4 Å². The Morgan fingerprint density at radius 1 is 1.08 bits per heavy atom. The summed E-state index contributed by atoms with van der Waals surface area (Å²) in [5, 5.41) is 2.91. The average Bonchev–Trinajstić information content (AvgIpc) is 3.02. The molecule has 4 rings (SSSR count). The lowest BCUT2D eigenvalue weighted by Gasteiger charge is -2.38. The molecule has 4 nitrogen and oxygen atoms in total. The van der Waals surface area contributed by atoms with Crippen molar-refractivity contribution in [2.45, 2.75) is 19.3 Å². The normalized spacial score (nSPS) is 18.8. The first-order chi connectivity index (χ1) is 12.6. The molecule has 2 amide bonds. The Morgan fingerprint density at radius 3 is 2.54 bits per heavy atom. The van der Waals surface area contributed by atoms with Crippen molar-refractivity contribution in [3.8, 4) is 11.1 Å². The maximum Gasteiger partial charge on any atom is 0.253 e. The first-order valence-electron chi connectivity index (χ1n) is 8.97. The van der Waals surface area contributed by atoms with E-state index in [9.17, 15) is 14.0 Å². The lowest BCUT2D eigenvalue weighted by atomic mass is 9.77. The highest BCUT2D eigenvalue weighted by molar-refractivity contribution is 5.95. The molecule has 1 N–H and O–H groups in total. The summed E-state index contributed by atoms with van der Waals surface area (Å²) < 4.78 is 14.0. The van der Waals surface area contributed by atoms with Crippen molar-refractivity contribution in [2.24, 2.45) is 5.41 Å². The predicted octanol–water partition coefficient (Wildman–Crippen LogP) is 3.24. The number of nitrogens with zero attached hydrogens (tertiary/aromatic N) is 1. The highest BCUT2D eigenvalue weighted by atomic mass is 19.1. The fourth-order valence-corrected chi connectivity index (χ4v) is 3.99. The number of nitrogens with one attached hydrogen (secondary N) is 1. The maximum absolute atomic E-state index is 14.0. The average molecular weight is 352 g/mol. The standard InChI is InChI=1S/C21H21FN2O2/c22-18-7-2-1-6-17(18)15-4-3-5-16(12-15)20(26)24-10-8-21(9-11-24)13-19(25)23-14-21/h1-7,12H,8-11,13-14H2,(H,23,25). The maximum atomic E-state index is 14.0. The minimum atomic E-state index is -0.296. The number of benzene rings is 2. The van der Waals surface area contributed by atoms with Crippen LogP contribution in [0.1, 0.15) is 29.6 Å². The molecule has 0 bridgehead atoms. The summed E-state index contributed by atoms with van der Waals surface area (Å²) >= 11 is 0. The highest BCUT2D eigenvalue weighted by Gasteiger charge is 2.41. The van der Waals surface area contributed by atoms with E-state index in [2.05, 4.69) is 5.32 Å². The molecule has 2 aromatic rings. The predicted molar refractivity (Wildman–Crippen MR) is 97.0 cm³/mol. The number of amides is 2. The number of likely N-dealkylation sites (tertiary alicyclic amines) is 1. The molecule has 0 unspecified atom stereocenters.